The second-order valence-corrected chi connectivity index (χ2v) is 5.02. The minimum Gasteiger partial charge on any atom is -0.381 e. The van der Waals surface area contributed by atoms with Gasteiger partial charge in [0.05, 0.1) is 5.69 Å². The molecule has 0 amide bonds. The molecule has 0 spiro atoms. The third-order valence-corrected chi connectivity index (χ3v) is 3.42. The van der Waals surface area contributed by atoms with Crippen LogP contribution in [0.3, 0.4) is 0 Å². The Hall–Kier alpha value is -0.870. The van der Waals surface area contributed by atoms with Gasteiger partial charge in [-0.3, -0.25) is 4.68 Å². The topological polar surface area (TPSA) is 53.1 Å². The lowest BCUT2D eigenvalue weighted by Crippen LogP contribution is -2.27. The molecule has 0 aliphatic carbocycles. The van der Waals surface area contributed by atoms with Gasteiger partial charge < -0.3 is 10.5 Å². The average molecular weight is 237 g/mol. The molecule has 4 heteroatoms. The van der Waals surface area contributed by atoms with E-state index in [0.29, 0.717) is 5.92 Å². The molecule has 0 radical (unpaired) electrons. The summed E-state index contributed by atoms with van der Waals surface area (Å²) < 4.78 is 7.44. The van der Waals surface area contributed by atoms with E-state index in [1.165, 1.54) is 12.1 Å². The lowest BCUT2D eigenvalue weighted by Gasteiger charge is -2.15. The number of hydrogen-bond donors (Lipinski definition) is 1. The Balaban J connectivity index is 1.90. The summed E-state index contributed by atoms with van der Waals surface area (Å²) in [5.74, 6) is 0.657. The molecular formula is C13H23N3O. The molecule has 0 saturated carbocycles. The molecule has 1 aliphatic rings. The summed E-state index contributed by atoms with van der Waals surface area (Å²) in [6.45, 7) is 6.86. The number of ether oxygens (including phenoxy) is 1. The Morgan fingerprint density at radius 2 is 2.47 bits per heavy atom. The van der Waals surface area contributed by atoms with Crippen molar-refractivity contribution in [1.82, 2.24) is 9.78 Å². The van der Waals surface area contributed by atoms with Gasteiger partial charge in [-0.05, 0) is 38.7 Å². The predicted molar refractivity (Wildman–Crippen MR) is 67.9 cm³/mol. The van der Waals surface area contributed by atoms with E-state index in [2.05, 4.69) is 22.8 Å². The molecule has 0 aromatic carbocycles. The molecular weight excluding hydrogens is 214 g/mol. The third kappa shape index (κ3) is 3.30. The van der Waals surface area contributed by atoms with Gasteiger partial charge in [0.25, 0.3) is 0 Å². The number of aryl methyl sites for hydroxylation is 2. The second kappa shape index (κ2) is 5.65. The fourth-order valence-electron chi connectivity index (χ4n) is 2.59. The highest BCUT2D eigenvalue weighted by Gasteiger charge is 2.19. The van der Waals surface area contributed by atoms with E-state index in [-0.39, 0.29) is 6.04 Å². The predicted octanol–water partition coefficient (Wildman–Crippen LogP) is 1.51. The third-order valence-electron chi connectivity index (χ3n) is 3.42. The zero-order chi connectivity index (χ0) is 12.3. The van der Waals surface area contributed by atoms with Gasteiger partial charge in [-0.1, -0.05) is 0 Å². The van der Waals surface area contributed by atoms with Crippen LogP contribution in [-0.4, -0.2) is 29.0 Å². The van der Waals surface area contributed by atoms with Gasteiger partial charge >= 0.3 is 0 Å². The van der Waals surface area contributed by atoms with Crippen molar-refractivity contribution in [3.05, 3.63) is 17.5 Å². The first-order valence-corrected chi connectivity index (χ1v) is 6.55. The summed E-state index contributed by atoms with van der Waals surface area (Å²) in [6.07, 6.45) is 3.15. The van der Waals surface area contributed by atoms with Gasteiger partial charge in [-0.15, -0.1) is 0 Å². The Morgan fingerprint density at radius 1 is 1.65 bits per heavy atom. The highest BCUT2D eigenvalue weighted by Crippen LogP contribution is 2.19. The van der Waals surface area contributed by atoms with Crippen LogP contribution in [0.1, 0.15) is 31.2 Å². The summed E-state index contributed by atoms with van der Waals surface area (Å²) >= 11 is 0. The van der Waals surface area contributed by atoms with E-state index in [0.717, 1.165) is 38.3 Å². The monoisotopic (exact) mass is 237 g/mol. The summed E-state index contributed by atoms with van der Waals surface area (Å²) in [4.78, 5) is 0. The van der Waals surface area contributed by atoms with Crippen LogP contribution in [0.2, 0.25) is 0 Å². The summed E-state index contributed by atoms with van der Waals surface area (Å²) in [5, 5.41) is 4.45. The van der Waals surface area contributed by atoms with Crippen LogP contribution in [0.5, 0.6) is 0 Å². The molecule has 1 aliphatic heterocycles. The Bertz CT molecular complexity index is 356. The first-order chi connectivity index (χ1) is 8.19. The summed E-state index contributed by atoms with van der Waals surface area (Å²) in [6, 6.07) is 2.37. The number of aromatic nitrogens is 2. The van der Waals surface area contributed by atoms with Gasteiger partial charge in [0.1, 0.15) is 0 Å². The smallest absolute Gasteiger partial charge is 0.0596 e. The molecule has 2 unspecified atom stereocenters. The Morgan fingerprint density at radius 3 is 3.12 bits per heavy atom. The van der Waals surface area contributed by atoms with E-state index in [4.69, 9.17) is 10.5 Å². The lowest BCUT2D eigenvalue weighted by atomic mass is 9.97. The van der Waals surface area contributed by atoms with E-state index >= 15 is 0 Å². The minimum atomic E-state index is 0.225. The van der Waals surface area contributed by atoms with Gasteiger partial charge in [0.15, 0.2) is 0 Å². The summed E-state index contributed by atoms with van der Waals surface area (Å²) in [7, 11) is 0. The Kier molecular flexibility index (Phi) is 4.18. The van der Waals surface area contributed by atoms with Crippen LogP contribution in [0.25, 0.3) is 0 Å². The molecule has 2 heterocycles. The fourth-order valence-corrected chi connectivity index (χ4v) is 2.59. The molecule has 2 atom stereocenters. The second-order valence-electron chi connectivity index (χ2n) is 5.02. The number of rotatable bonds is 5. The summed E-state index contributed by atoms with van der Waals surface area (Å²) in [5.41, 5.74) is 8.56. The number of hydrogen-bond acceptors (Lipinski definition) is 3. The van der Waals surface area contributed by atoms with Crippen molar-refractivity contribution in [2.75, 3.05) is 13.2 Å². The van der Waals surface area contributed by atoms with Crippen LogP contribution in [-0.2, 0) is 17.7 Å². The maximum Gasteiger partial charge on any atom is 0.0596 e. The fraction of sp³-hybridized carbons (Fsp3) is 0.769. The van der Waals surface area contributed by atoms with Gasteiger partial charge in [0.2, 0.25) is 0 Å². The number of nitrogens with two attached hydrogens (primary N) is 1. The van der Waals surface area contributed by atoms with Crippen LogP contribution in [0, 0.1) is 12.8 Å². The van der Waals surface area contributed by atoms with Crippen molar-refractivity contribution in [1.29, 1.82) is 0 Å². The van der Waals surface area contributed by atoms with Crippen molar-refractivity contribution in [3.63, 3.8) is 0 Å². The van der Waals surface area contributed by atoms with Gasteiger partial charge in [0, 0.05) is 37.9 Å². The van der Waals surface area contributed by atoms with Crippen LogP contribution in [0.4, 0.5) is 0 Å². The molecule has 1 saturated heterocycles. The first-order valence-electron chi connectivity index (χ1n) is 6.55. The SMILES string of the molecule is CCn1nc(C)cc1CC(N)CC1CCOC1. The lowest BCUT2D eigenvalue weighted by molar-refractivity contribution is 0.182. The molecule has 1 aromatic heterocycles. The molecule has 2 rings (SSSR count). The van der Waals surface area contributed by atoms with Crippen LogP contribution >= 0.6 is 0 Å². The van der Waals surface area contributed by atoms with E-state index in [1.807, 2.05) is 6.92 Å². The van der Waals surface area contributed by atoms with E-state index in [9.17, 15) is 0 Å². The molecule has 0 bridgehead atoms. The van der Waals surface area contributed by atoms with Crippen molar-refractivity contribution in [2.24, 2.45) is 11.7 Å². The maximum absolute atomic E-state index is 6.22. The quantitative estimate of drug-likeness (QED) is 0.844. The largest absolute Gasteiger partial charge is 0.381 e. The highest BCUT2D eigenvalue weighted by molar-refractivity contribution is 5.10. The highest BCUT2D eigenvalue weighted by atomic mass is 16.5. The zero-order valence-electron chi connectivity index (χ0n) is 10.9. The minimum absolute atomic E-state index is 0.225. The standard InChI is InChI=1S/C13H23N3O/c1-3-16-13(6-10(2)15-16)8-12(14)7-11-4-5-17-9-11/h6,11-12H,3-5,7-9,14H2,1-2H3. The van der Waals surface area contributed by atoms with Crippen molar-refractivity contribution in [3.8, 4) is 0 Å². The van der Waals surface area contributed by atoms with Crippen LogP contribution < -0.4 is 5.73 Å². The molecule has 1 aromatic rings. The molecule has 17 heavy (non-hydrogen) atoms. The average Bonchev–Trinajstić information content (AvgIpc) is 2.88. The van der Waals surface area contributed by atoms with E-state index < -0.39 is 0 Å². The van der Waals surface area contributed by atoms with Gasteiger partial charge in [-0.2, -0.15) is 5.10 Å². The number of nitrogens with zero attached hydrogens (tertiary/aromatic N) is 2. The Labute approximate surface area is 103 Å². The first kappa shape index (κ1) is 12.6. The van der Waals surface area contributed by atoms with Crippen LogP contribution in [0.15, 0.2) is 6.07 Å². The van der Waals surface area contributed by atoms with Crippen molar-refractivity contribution >= 4 is 0 Å². The maximum atomic E-state index is 6.22. The van der Waals surface area contributed by atoms with Crippen molar-refractivity contribution in [2.45, 2.75) is 45.7 Å². The zero-order valence-corrected chi connectivity index (χ0v) is 10.9. The molecule has 96 valence electrons. The van der Waals surface area contributed by atoms with E-state index in [1.54, 1.807) is 0 Å². The molecule has 4 nitrogen and oxygen atoms in total. The van der Waals surface area contributed by atoms with Gasteiger partial charge in [-0.25, -0.2) is 0 Å². The normalized spacial score (nSPS) is 21.9. The van der Waals surface area contributed by atoms with Crippen molar-refractivity contribution < 1.29 is 4.74 Å². The molecule has 1 fully saturated rings. The molecule has 2 N–H and O–H groups in total.